The third-order valence-electron chi connectivity index (χ3n) is 4.39. The van der Waals surface area contributed by atoms with Gasteiger partial charge >= 0.3 is 0 Å². The summed E-state index contributed by atoms with van der Waals surface area (Å²) in [6.07, 6.45) is 1.91. The van der Waals surface area contributed by atoms with Gasteiger partial charge in [-0.1, -0.05) is 12.1 Å². The Morgan fingerprint density at radius 1 is 1.14 bits per heavy atom. The maximum atomic E-state index is 12.3. The monoisotopic (exact) mass is 411 g/mol. The molecule has 2 N–H and O–H groups in total. The highest BCUT2D eigenvalue weighted by molar-refractivity contribution is 7.89. The Morgan fingerprint density at radius 2 is 1.79 bits per heavy atom. The van der Waals surface area contributed by atoms with Crippen LogP contribution in [0, 0.1) is 0 Å². The van der Waals surface area contributed by atoms with Crippen molar-refractivity contribution in [2.45, 2.75) is 50.5 Å². The second kappa shape index (κ2) is 10.3. The van der Waals surface area contributed by atoms with E-state index in [1.807, 2.05) is 0 Å². The van der Waals surface area contributed by atoms with Crippen LogP contribution in [0.2, 0.25) is 0 Å². The van der Waals surface area contributed by atoms with Gasteiger partial charge < -0.3 is 10.1 Å². The topological polar surface area (TPSA) is 87.7 Å². The van der Waals surface area contributed by atoms with Gasteiger partial charge in [-0.2, -0.15) is 0 Å². The summed E-state index contributed by atoms with van der Waals surface area (Å²) < 4.78 is 32.5. The second-order valence-electron chi connectivity index (χ2n) is 8.16. The number of amides is 1. The number of ether oxygens (including phenoxy) is 1. The molecule has 1 heterocycles. The Labute approximate surface area is 168 Å². The molecule has 0 saturated carbocycles. The van der Waals surface area contributed by atoms with Crippen molar-refractivity contribution < 1.29 is 17.9 Å². The van der Waals surface area contributed by atoms with Crippen LogP contribution in [0.5, 0.6) is 0 Å². The summed E-state index contributed by atoms with van der Waals surface area (Å²) in [6, 6.07) is 6.71. The van der Waals surface area contributed by atoms with Gasteiger partial charge in [-0.05, 0) is 57.9 Å². The molecular weight excluding hydrogens is 378 g/mol. The van der Waals surface area contributed by atoms with Crippen molar-refractivity contribution in [3.63, 3.8) is 0 Å². The summed E-state index contributed by atoms with van der Waals surface area (Å²) >= 11 is 0. The highest BCUT2D eigenvalue weighted by Crippen LogP contribution is 2.14. The van der Waals surface area contributed by atoms with Gasteiger partial charge in [0.15, 0.2) is 0 Å². The lowest BCUT2D eigenvalue weighted by Gasteiger charge is -2.26. The summed E-state index contributed by atoms with van der Waals surface area (Å²) in [5.41, 5.74) is 0.412. The third-order valence-corrected chi connectivity index (χ3v) is 6.17. The van der Waals surface area contributed by atoms with Gasteiger partial charge in [0.1, 0.15) is 0 Å². The van der Waals surface area contributed by atoms with Crippen LogP contribution in [0.4, 0.5) is 0 Å². The van der Waals surface area contributed by atoms with Crippen LogP contribution in [0.25, 0.3) is 0 Å². The van der Waals surface area contributed by atoms with E-state index in [-0.39, 0.29) is 10.8 Å². The third kappa shape index (κ3) is 8.26. The van der Waals surface area contributed by atoms with Crippen LogP contribution in [-0.4, -0.2) is 64.2 Å². The molecule has 158 valence electrons. The molecule has 0 bridgehead atoms. The zero-order chi connectivity index (χ0) is 20.6. The van der Waals surface area contributed by atoms with E-state index < -0.39 is 15.6 Å². The molecule has 1 aliphatic rings. The van der Waals surface area contributed by atoms with E-state index in [0.717, 1.165) is 44.8 Å². The Kier molecular flexibility index (Phi) is 8.42. The van der Waals surface area contributed by atoms with Crippen LogP contribution in [0.1, 0.15) is 39.2 Å². The number of morpholine rings is 1. The average molecular weight is 412 g/mol. The minimum absolute atomic E-state index is 0.0214. The lowest BCUT2D eigenvalue weighted by molar-refractivity contribution is -0.121. The zero-order valence-electron chi connectivity index (χ0n) is 17.2. The SMILES string of the molecule is CC(C)(C)NS(=O)(=O)c1ccc(CCC(=O)NCCCN2CCOCC2)cc1. The molecule has 28 heavy (non-hydrogen) atoms. The maximum Gasteiger partial charge on any atom is 0.241 e. The molecule has 1 aliphatic heterocycles. The van der Waals surface area contributed by atoms with Crippen molar-refractivity contribution in [1.29, 1.82) is 0 Å². The van der Waals surface area contributed by atoms with Gasteiger partial charge in [-0.3, -0.25) is 9.69 Å². The van der Waals surface area contributed by atoms with Crippen LogP contribution in [0.3, 0.4) is 0 Å². The fraction of sp³-hybridized carbons (Fsp3) is 0.650. The first kappa shape index (κ1) is 22.8. The predicted molar refractivity (Wildman–Crippen MR) is 110 cm³/mol. The van der Waals surface area contributed by atoms with Crippen LogP contribution in [-0.2, 0) is 26.0 Å². The maximum absolute atomic E-state index is 12.3. The Balaban J connectivity index is 1.70. The number of benzene rings is 1. The molecule has 1 amide bonds. The van der Waals surface area contributed by atoms with Crippen molar-refractivity contribution in [3.8, 4) is 0 Å². The van der Waals surface area contributed by atoms with Crippen molar-refractivity contribution >= 4 is 15.9 Å². The van der Waals surface area contributed by atoms with Gasteiger partial charge in [0.2, 0.25) is 15.9 Å². The van der Waals surface area contributed by atoms with E-state index in [1.54, 1.807) is 45.0 Å². The van der Waals surface area contributed by atoms with E-state index >= 15 is 0 Å². The minimum Gasteiger partial charge on any atom is -0.379 e. The van der Waals surface area contributed by atoms with Crippen LogP contribution in [0.15, 0.2) is 29.2 Å². The molecule has 0 atom stereocenters. The summed E-state index contributed by atoms with van der Waals surface area (Å²) in [6.45, 7) is 10.6. The lowest BCUT2D eigenvalue weighted by atomic mass is 10.1. The van der Waals surface area contributed by atoms with E-state index in [0.29, 0.717) is 19.4 Å². The Morgan fingerprint density at radius 3 is 2.39 bits per heavy atom. The highest BCUT2D eigenvalue weighted by Gasteiger charge is 2.21. The number of rotatable bonds is 9. The quantitative estimate of drug-likeness (QED) is 0.602. The van der Waals surface area contributed by atoms with E-state index in [1.165, 1.54) is 0 Å². The lowest BCUT2D eigenvalue weighted by Crippen LogP contribution is -2.40. The summed E-state index contributed by atoms with van der Waals surface area (Å²) in [4.78, 5) is 14.6. The normalized spacial score (nSPS) is 16.1. The van der Waals surface area contributed by atoms with Gasteiger partial charge in [-0.25, -0.2) is 13.1 Å². The highest BCUT2D eigenvalue weighted by atomic mass is 32.2. The molecule has 7 nitrogen and oxygen atoms in total. The number of hydrogen-bond acceptors (Lipinski definition) is 5. The molecule has 1 aromatic carbocycles. The molecule has 0 aromatic heterocycles. The van der Waals surface area contributed by atoms with Gasteiger partial charge in [-0.15, -0.1) is 0 Å². The first-order valence-corrected chi connectivity index (χ1v) is 11.3. The number of carbonyl (C=O) groups excluding carboxylic acids is 1. The Bertz CT molecular complexity index is 721. The average Bonchev–Trinajstić information content (AvgIpc) is 2.63. The summed E-state index contributed by atoms with van der Waals surface area (Å²) in [5.74, 6) is 0.0214. The second-order valence-corrected chi connectivity index (χ2v) is 9.84. The smallest absolute Gasteiger partial charge is 0.241 e. The van der Waals surface area contributed by atoms with Crippen molar-refractivity contribution in [3.05, 3.63) is 29.8 Å². The molecule has 0 unspecified atom stereocenters. The van der Waals surface area contributed by atoms with E-state index in [2.05, 4.69) is 14.9 Å². The fourth-order valence-corrected chi connectivity index (χ4v) is 4.42. The van der Waals surface area contributed by atoms with Crippen molar-refractivity contribution in [2.24, 2.45) is 0 Å². The van der Waals surface area contributed by atoms with E-state index in [9.17, 15) is 13.2 Å². The molecule has 0 spiro atoms. The van der Waals surface area contributed by atoms with E-state index in [4.69, 9.17) is 4.74 Å². The number of aryl methyl sites for hydroxylation is 1. The number of nitrogens with zero attached hydrogens (tertiary/aromatic N) is 1. The fourth-order valence-electron chi connectivity index (χ4n) is 3.00. The van der Waals surface area contributed by atoms with Crippen LogP contribution >= 0.6 is 0 Å². The molecule has 1 aromatic rings. The van der Waals surface area contributed by atoms with Crippen molar-refractivity contribution in [1.82, 2.24) is 14.9 Å². The standard InChI is InChI=1S/C20H33N3O4S/c1-20(2,3)22-28(25,26)18-8-5-17(6-9-18)7-10-19(24)21-11-4-12-23-13-15-27-16-14-23/h5-6,8-9,22H,4,7,10-16H2,1-3H3,(H,21,24). The molecule has 0 aliphatic carbocycles. The molecule has 2 rings (SSSR count). The molecule has 8 heteroatoms. The molecule has 1 fully saturated rings. The van der Waals surface area contributed by atoms with Gasteiger partial charge in [0, 0.05) is 31.6 Å². The molecule has 1 saturated heterocycles. The van der Waals surface area contributed by atoms with Crippen molar-refractivity contribution in [2.75, 3.05) is 39.4 Å². The first-order valence-electron chi connectivity index (χ1n) is 9.85. The van der Waals surface area contributed by atoms with Gasteiger partial charge in [0.05, 0.1) is 18.1 Å². The Hall–Kier alpha value is -1.48. The van der Waals surface area contributed by atoms with Gasteiger partial charge in [0.25, 0.3) is 0 Å². The molecular formula is C20H33N3O4S. The predicted octanol–water partition coefficient (Wildman–Crippen LogP) is 1.53. The number of hydrogen-bond donors (Lipinski definition) is 2. The largest absolute Gasteiger partial charge is 0.379 e. The number of sulfonamides is 1. The number of nitrogens with one attached hydrogen (secondary N) is 2. The minimum atomic E-state index is -3.53. The summed E-state index contributed by atoms with van der Waals surface area (Å²) in [7, 11) is -3.53. The number of carbonyl (C=O) groups is 1. The van der Waals surface area contributed by atoms with Crippen LogP contribution < -0.4 is 10.0 Å². The zero-order valence-corrected chi connectivity index (χ0v) is 18.0. The molecule has 0 radical (unpaired) electrons. The summed E-state index contributed by atoms with van der Waals surface area (Å²) in [5, 5.41) is 2.95. The first-order chi connectivity index (χ1) is 13.2.